The molecule has 24 heavy (non-hydrogen) atoms. The molecule has 0 bridgehead atoms. The van der Waals surface area contributed by atoms with Crippen molar-refractivity contribution in [2.75, 3.05) is 26.2 Å². The number of carbonyl (C=O) groups excluding carboxylic acids is 1. The van der Waals surface area contributed by atoms with Crippen molar-refractivity contribution in [3.05, 3.63) is 35.0 Å². The van der Waals surface area contributed by atoms with Crippen molar-refractivity contribution >= 4 is 5.97 Å². The van der Waals surface area contributed by atoms with E-state index in [9.17, 15) is 19.8 Å². The quantitative estimate of drug-likeness (QED) is 0.378. The molecule has 0 aliphatic carbocycles. The fourth-order valence-electron chi connectivity index (χ4n) is 2.10. The average molecular weight is 341 g/mol. The highest BCUT2D eigenvalue weighted by atomic mass is 16.5. The summed E-state index contributed by atoms with van der Waals surface area (Å²) in [6, 6.07) is 0. The zero-order chi connectivity index (χ0) is 18.1. The molecule has 8 nitrogen and oxygen atoms in total. The second-order valence-corrected chi connectivity index (χ2v) is 5.81. The van der Waals surface area contributed by atoms with Crippen LogP contribution in [0.5, 0.6) is 0 Å². The van der Waals surface area contributed by atoms with Crippen LogP contribution in [0.15, 0.2) is 29.3 Å². The smallest absolute Gasteiger partial charge is 0.333 e. The first kappa shape index (κ1) is 20.1. The molecule has 1 aromatic heterocycles. The van der Waals surface area contributed by atoms with Crippen LogP contribution < -0.4 is 5.69 Å². The van der Waals surface area contributed by atoms with E-state index in [-0.39, 0.29) is 24.4 Å². The van der Waals surface area contributed by atoms with Crippen LogP contribution in [0.25, 0.3) is 0 Å². The molecule has 1 aromatic rings. The third kappa shape index (κ3) is 7.12. The molecule has 3 N–H and O–H groups in total. The first-order valence-electron chi connectivity index (χ1n) is 7.98. The maximum atomic E-state index is 11.5. The van der Waals surface area contributed by atoms with Gasteiger partial charge in [0.25, 0.3) is 0 Å². The van der Waals surface area contributed by atoms with E-state index in [4.69, 9.17) is 4.74 Å². The van der Waals surface area contributed by atoms with Crippen molar-refractivity contribution in [3.8, 4) is 0 Å². The molecule has 0 fully saturated rings. The van der Waals surface area contributed by atoms with Crippen LogP contribution in [0.3, 0.4) is 0 Å². The average Bonchev–Trinajstić information content (AvgIpc) is 2.95. The lowest BCUT2D eigenvalue weighted by atomic mass is 10.2. The van der Waals surface area contributed by atoms with Crippen molar-refractivity contribution < 1.29 is 19.7 Å². The summed E-state index contributed by atoms with van der Waals surface area (Å²) in [4.78, 5) is 27.2. The predicted octanol–water partition coefficient (Wildman–Crippen LogP) is -0.270. The Hall–Kier alpha value is -1.90. The third-order valence-electron chi connectivity index (χ3n) is 3.54. The number of aromatic amines is 1. The van der Waals surface area contributed by atoms with E-state index >= 15 is 0 Å². The maximum Gasteiger partial charge on any atom is 0.333 e. The van der Waals surface area contributed by atoms with Crippen molar-refractivity contribution in [2.45, 2.75) is 39.0 Å². The molecule has 1 rings (SSSR count). The lowest BCUT2D eigenvalue weighted by Crippen LogP contribution is -2.41. The minimum absolute atomic E-state index is 0.144. The number of hydrogen-bond donors (Lipinski definition) is 3. The number of rotatable bonds is 11. The van der Waals surface area contributed by atoms with Gasteiger partial charge < -0.3 is 19.9 Å². The first-order chi connectivity index (χ1) is 11.3. The number of aliphatic hydroxyl groups is 2. The van der Waals surface area contributed by atoms with E-state index in [1.165, 1.54) is 11.5 Å². The number of aromatic nitrogens is 2. The molecule has 0 saturated heterocycles. The van der Waals surface area contributed by atoms with E-state index < -0.39 is 18.2 Å². The number of esters is 1. The SMILES string of the molecule is C=C(C)C(=O)OCC(O)CN(CCn1cc[nH]c1=O)CC(O)CC. The van der Waals surface area contributed by atoms with Gasteiger partial charge >= 0.3 is 11.7 Å². The van der Waals surface area contributed by atoms with Gasteiger partial charge in [-0.05, 0) is 13.3 Å². The molecule has 2 unspecified atom stereocenters. The van der Waals surface area contributed by atoms with Gasteiger partial charge in [-0.15, -0.1) is 0 Å². The molecular weight excluding hydrogens is 314 g/mol. The Kier molecular flexibility index (Phi) is 8.45. The van der Waals surface area contributed by atoms with Crippen LogP contribution in [-0.4, -0.2) is 69.1 Å². The van der Waals surface area contributed by atoms with Gasteiger partial charge in [0, 0.05) is 44.1 Å². The lowest BCUT2D eigenvalue weighted by Gasteiger charge is -2.26. The Morgan fingerprint density at radius 2 is 2.08 bits per heavy atom. The Morgan fingerprint density at radius 1 is 1.42 bits per heavy atom. The molecular formula is C16H27N3O5. The Labute approximate surface area is 141 Å². The van der Waals surface area contributed by atoms with E-state index in [1.54, 1.807) is 12.4 Å². The van der Waals surface area contributed by atoms with Gasteiger partial charge in [-0.1, -0.05) is 13.5 Å². The summed E-state index contributed by atoms with van der Waals surface area (Å²) in [5.41, 5.74) is 0.0641. The zero-order valence-electron chi connectivity index (χ0n) is 14.3. The number of imidazole rings is 1. The van der Waals surface area contributed by atoms with Crippen LogP contribution in [-0.2, 0) is 16.1 Å². The second-order valence-electron chi connectivity index (χ2n) is 5.81. The molecule has 0 radical (unpaired) electrons. The van der Waals surface area contributed by atoms with Crippen molar-refractivity contribution in [1.29, 1.82) is 0 Å². The first-order valence-corrected chi connectivity index (χ1v) is 7.98. The highest BCUT2D eigenvalue weighted by Gasteiger charge is 2.17. The Bertz CT molecular complexity index is 580. The maximum absolute atomic E-state index is 11.5. The highest BCUT2D eigenvalue weighted by molar-refractivity contribution is 5.86. The minimum Gasteiger partial charge on any atom is -0.460 e. The normalized spacial score (nSPS) is 13.7. The standard InChI is InChI=1S/C16H27N3O5/c1-4-13(20)9-18(7-8-19-6-5-17-16(19)23)10-14(21)11-24-15(22)12(2)3/h5-6,13-14,20-21H,2,4,7-11H2,1,3H3,(H,17,23). The number of aliphatic hydroxyl groups excluding tert-OH is 2. The highest BCUT2D eigenvalue weighted by Crippen LogP contribution is 2.02. The van der Waals surface area contributed by atoms with Crippen LogP contribution in [0.4, 0.5) is 0 Å². The largest absolute Gasteiger partial charge is 0.460 e. The summed E-state index contributed by atoms with van der Waals surface area (Å²) < 4.78 is 6.44. The van der Waals surface area contributed by atoms with Gasteiger partial charge in [0.15, 0.2) is 0 Å². The summed E-state index contributed by atoms with van der Waals surface area (Å²) in [7, 11) is 0. The van der Waals surface area contributed by atoms with Gasteiger partial charge in [0.1, 0.15) is 12.7 Å². The predicted molar refractivity (Wildman–Crippen MR) is 89.6 cm³/mol. The van der Waals surface area contributed by atoms with Crippen LogP contribution in [0.1, 0.15) is 20.3 Å². The van der Waals surface area contributed by atoms with Gasteiger partial charge in [0.05, 0.1) is 6.10 Å². The number of carbonyl (C=O) groups is 1. The van der Waals surface area contributed by atoms with E-state index in [0.29, 0.717) is 26.1 Å². The van der Waals surface area contributed by atoms with Crippen LogP contribution in [0.2, 0.25) is 0 Å². The second kappa shape index (κ2) is 10.1. The topological polar surface area (TPSA) is 108 Å². The molecule has 8 heteroatoms. The van der Waals surface area contributed by atoms with E-state index in [2.05, 4.69) is 11.6 Å². The van der Waals surface area contributed by atoms with Crippen molar-refractivity contribution in [3.63, 3.8) is 0 Å². The van der Waals surface area contributed by atoms with E-state index in [1.807, 2.05) is 11.8 Å². The monoisotopic (exact) mass is 341 g/mol. The summed E-state index contributed by atoms with van der Waals surface area (Å²) >= 11 is 0. The van der Waals surface area contributed by atoms with E-state index in [0.717, 1.165) is 0 Å². The van der Waals surface area contributed by atoms with Gasteiger partial charge in [-0.25, -0.2) is 9.59 Å². The molecule has 2 atom stereocenters. The number of hydrogen-bond acceptors (Lipinski definition) is 6. The van der Waals surface area contributed by atoms with Gasteiger partial charge in [-0.3, -0.25) is 9.47 Å². The fourth-order valence-corrected chi connectivity index (χ4v) is 2.10. The molecule has 0 amide bonds. The van der Waals surface area contributed by atoms with Gasteiger partial charge in [-0.2, -0.15) is 0 Å². The summed E-state index contributed by atoms with van der Waals surface area (Å²) in [6.07, 6.45) is 2.36. The molecule has 1 heterocycles. The van der Waals surface area contributed by atoms with Crippen LogP contribution >= 0.6 is 0 Å². The lowest BCUT2D eigenvalue weighted by molar-refractivity contribution is -0.142. The molecule has 0 aliphatic rings. The number of H-pyrrole nitrogens is 1. The zero-order valence-corrected chi connectivity index (χ0v) is 14.3. The number of nitrogens with zero attached hydrogens (tertiary/aromatic N) is 2. The molecule has 0 aromatic carbocycles. The van der Waals surface area contributed by atoms with Crippen molar-refractivity contribution in [2.24, 2.45) is 0 Å². The van der Waals surface area contributed by atoms with Crippen LogP contribution in [0, 0.1) is 0 Å². The molecule has 0 saturated carbocycles. The number of ether oxygens (including phenoxy) is 1. The Balaban J connectivity index is 2.54. The summed E-state index contributed by atoms with van der Waals surface area (Å²) in [5, 5.41) is 19.9. The van der Waals surface area contributed by atoms with Gasteiger partial charge in [0.2, 0.25) is 0 Å². The Morgan fingerprint density at radius 3 is 2.62 bits per heavy atom. The van der Waals surface area contributed by atoms with Crippen molar-refractivity contribution in [1.82, 2.24) is 14.5 Å². The fraction of sp³-hybridized carbons (Fsp3) is 0.625. The summed E-state index contributed by atoms with van der Waals surface area (Å²) in [6.45, 7) is 8.22. The summed E-state index contributed by atoms with van der Waals surface area (Å²) in [5.74, 6) is -0.548. The third-order valence-corrected chi connectivity index (χ3v) is 3.54. The molecule has 136 valence electrons. The number of nitrogens with one attached hydrogen (secondary N) is 1. The minimum atomic E-state index is -0.889. The molecule has 0 spiro atoms. The molecule has 0 aliphatic heterocycles.